The molecule has 0 aliphatic rings. The van der Waals surface area contributed by atoms with Crippen molar-refractivity contribution in [3.8, 4) is 0 Å². The fraction of sp³-hybridized carbons (Fsp3) is 0.588. The average Bonchev–Trinajstić information content (AvgIpc) is 2.37. The average molecular weight is 290 g/mol. The van der Waals surface area contributed by atoms with Gasteiger partial charge in [0.15, 0.2) is 0 Å². The van der Waals surface area contributed by atoms with Crippen molar-refractivity contribution >= 4 is 5.84 Å². The van der Waals surface area contributed by atoms with Crippen LogP contribution >= 0.6 is 0 Å². The fourth-order valence-electron chi connectivity index (χ4n) is 2.37. The molecule has 118 valence electrons. The lowest BCUT2D eigenvalue weighted by Crippen LogP contribution is -2.34. The summed E-state index contributed by atoms with van der Waals surface area (Å²) < 4.78 is 0. The molecule has 0 aliphatic heterocycles. The normalized spacial score (nSPS) is 11.6. The van der Waals surface area contributed by atoms with E-state index in [0.717, 1.165) is 31.7 Å². The molecule has 1 aromatic carbocycles. The van der Waals surface area contributed by atoms with Crippen LogP contribution in [0.1, 0.15) is 30.5 Å². The van der Waals surface area contributed by atoms with E-state index in [2.05, 4.69) is 50.7 Å². The topological polar surface area (TPSA) is 56.4 Å². The number of nitrogens with zero attached hydrogens (tertiary/aromatic N) is 2. The Labute approximate surface area is 129 Å². The Bertz CT molecular complexity index is 466. The maximum atomic E-state index is 7.51. The third kappa shape index (κ3) is 6.27. The molecule has 1 aromatic rings. The summed E-state index contributed by atoms with van der Waals surface area (Å²) >= 11 is 0. The zero-order valence-corrected chi connectivity index (χ0v) is 14.1. The predicted molar refractivity (Wildman–Crippen MR) is 90.9 cm³/mol. The van der Waals surface area contributed by atoms with Gasteiger partial charge in [-0.15, -0.1) is 0 Å². The molecule has 0 radical (unpaired) electrons. The number of likely N-dealkylation sites (N-methyl/N-ethyl adjacent to an activating group) is 1. The van der Waals surface area contributed by atoms with Crippen molar-refractivity contribution in [2.45, 2.75) is 27.3 Å². The van der Waals surface area contributed by atoms with Gasteiger partial charge in [-0.25, -0.2) is 0 Å². The van der Waals surface area contributed by atoms with E-state index >= 15 is 0 Å². The molecule has 21 heavy (non-hydrogen) atoms. The number of nitrogen functional groups attached to an aromatic ring is 1. The van der Waals surface area contributed by atoms with Crippen molar-refractivity contribution in [3.05, 3.63) is 34.9 Å². The summed E-state index contributed by atoms with van der Waals surface area (Å²) in [6.45, 7) is 10.8. The van der Waals surface area contributed by atoms with Crippen LogP contribution in [-0.2, 0) is 6.54 Å². The third-order valence-corrected chi connectivity index (χ3v) is 3.53. The summed E-state index contributed by atoms with van der Waals surface area (Å²) in [4.78, 5) is 4.72. The molecule has 1 rings (SSSR count). The van der Waals surface area contributed by atoms with E-state index in [0.29, 0.717) is 5.92 Å². The molecule has 0 unspecified atom stereocenters. The molecule has 3 N–H and O–H groups in total. The quantitative estimate of drug-likeness (QED) is 0.570. The molecule has 0 heterocycles. The minimum Gasteiger partial charge on any atom is -0.384 e. The smallest absolute Gasteiger partial charge is 0.122 e. The maximum Gasteiger partial charge on any atom is 0.122 e. The Hall–Kier alpha value is -1.39. The van der Waals surface area contributed by atoms with Crippen LogP contribution in [0.15, 0.2) is 18.2 Å². The highest BCUT2D eigenvalue weighted by Crippen LogP contribution is 2.14. The van der Waals surface area contributed by atoms with Crippen LogP contribution in [-0.4, -0.2) is 49.4 Å². The molecule has 0 spiro atoms. The first-order chi connectivity index (χ1) is 9.79. The van der Waals surface area contributed by atoms with Crippen LogP contribution in [0.3, 0.4) is 0 Å². The van der Waals surface area contributed by atoms with Crippen LogP contribution in [0.2, 0.25) is 0 Å². The first-order valence-electron chi connectivity index (χ1n) is 7.60. The molecule has 0 atom stereocenters. The number of hydrogen-bond donors (Lipinski definition) is 2. The van der Waals surface area contributed by atoms with Gasteiger partial charge in [0.1, 0.15) is 5.84 Å². The van der Waals surface area contributed by atoms with Gasteiger partial charge in [-0.05, 0) is 44.1 Å². The molecule has 0 bridgehead atoms. The van der Waals surface area contributed by atoms with Gasteiger partial charge in [-0.1, -0.05) is 26.0 Å². The summed E-state index contributed by atoms with van der Waals surface area (Å²) in [5.74, 6) is 0.792. The lowest BCUT2D eigenvalue weighted by Gasteiger charge is -2.26. The molecule has 0 aliphatic carbocycles. The number of nitrogens with two attached hydrogens (primary N) is 1. The van der Waals surface area contributed by atoms with Crippen molar-refractivity contribution in [2.75, 3.05) is 33.7 Å². The predicted octanol–water partition coefficient (Wildman–Crippen LogP) is 2.30. The highest BCUT2D eigenvalue weighted by molar-refractivity contribution is 5.95. The van der Waals surface area contributed by atoms with Gasteiger partial charge in [-0.2, -0.15) is 0 Å². The number of rotatable bonds is 8. The second-order valence-corrected chi connectivity index (χ2v) is 6.49. The second kappa shape index (κ2) is 8.15. The van der Waals surface area contributed by atoms with Crippen LogP contribution in [0, 0.1) is 18.3 Å². The van der Waals surface area contributed by atoms with Crippen molar-refractivity contribution in [2.24, 2.45) is 11.7 Å². The Morgan fingerprint density at radius 3 is 2.38 bits per heavy atom. The Morgan fingerprint density at radius 2 is 1.90 bits per heavy atom. The molecular weight excluding hydrogens is 260 g/mol. The first kappa shape index (κ1) is 17.7. The summed E-state index contributed by atoms with van der Waals surface area (Å²) in [6.07, 6.45) is 0. The fourth-order valence-corrected chi connectivity index (χ4v) is 2.37. The minimum atomic E-state index is 0.135. The lowest BCUT2D eigenvalue weighted by molar-refractivity contribution is 0.211. The highest BCUT2D eigenvalue weighted by Gasteiger charge is 2.11. The van der Waals surface area contributed by atoms with E-state index in [-0.39, 0.29) is 5.84 Å². The summed E-state index contributed by atoms with van der Waals surface area (Å²) in [5, 5.41) is 7.51. The van der Waals surface area contributed by atoms with Gasteiger partial charge in [-0.3, -0.25) is 10.3 Å². The summed E-state index contributed by atoms with van der Waals surface area (Å²) in [5.41, 5.74) is 8.88. The monoisotopic (exact) mass is 290 g/mol. The van der Waals surface area contributed by atoms with Crippen molar-refractivity contribution in [3.63, 3.8) is 0 Å². The van der Waals surface area contributed by atoms with Crippen LogP contribution in [0.4, 0.5) is 0 Å². The van der Waals surface area contributed by atoms with Gasteiger partial charge >= 0.3 is 0 Å². The highest BCUT2D eigenvalue weighted by atomic mass is 15.2. The number of nitrogens with one attached hydrogen (secondary N) is 1. The Balaban J connectivity index is 2.79. The maximum absolute atomic E-state index is 7.51. The standard InChI is InChI=1S/C17H30N4/c1-13(2)11-21(9-8-20(4)5)12-16-7-6-15(17(18)19)10-14(16)3/h6-7,10,13H,8-9,11-12H2,1-5H3,(H3,18,19). The van der Waals surface area contributed by atoms with E-state index in [1.165, 1.54) is 11.1 Å². The summed E-state index contributed by atoms with van der Waals surface area (Å²) in [7, 11) is 4.22. The minimum absolute atomic E-state index is 0.135. The molecular formula is C17H30N4. The number of hydrogen-bond acceptors (Lipinski definition) is 3. The van der Waals surface area contributed by atoms with Gasteiger partial charge < -0.3 is 10.6 Å². The summed E-state index contributed by atoms with van der Waals surface area (Å²) in [6, 6.07) is 6.07. The Morgan fingerprint density at radius 1 is 1.24 bits per heavy atom. The lowest BCUT2D eigenvalue weighted by atomic mass is 10.0. The molecule has 0 aromatic heterocycles. The van der Waals surface area contributed by atoms with E-state index in [4.69, 9.17) is 11.1 Å². The third-order valence-electron chi connectivity index (χ3n) is 3.53. The van der Waals surface area contributed by atoms with E-state index in [1.54, 1.807) is 0 Å². The van der Waals surface area contributed by atoms with E-state index in [9.17, 15) is 0 Å². The molecule has 0 saturated carbocycles. The van der Waals surface area contributed by atoms with E-state index < -0.39 is 0 Å². The van der Waals surface area contributed by atoms with Gasteiger partial charge in [0, 0.05) is 31.7 Å². The van der Waals surface area contributed by atoms with Crippen molar-refractivity contribution < 1.29 is 0 Å². The zero-order chi connectivity index (χ0) is 16.0. The molecule has 0 saturated heterocycles. The number of aryl methyl sites for hydroxylation is 1. The zero-order valence-electron chi connectivity index (χ0n) is 14.1. The van der Waals surface area contributed by atoms with Gasteiger partial charge in [0.05, 0.1) is 0 Å². The molecule has 4 heteroatoms. The van der Waals surface area contributed by atoms with Crippen LogP contribution in [0.5, 0.6) is 0 Å². The van der Waals surface area contributed by atoms with Gasteiger partial charge in [0.25, 0.3) is 0 Å². The number of benzene rings is 1. The molecule has 4 nitrogen and oxygen atoms in total. The first-order valence-corrected chi connectivity index (χ1v) is 7.60. The number of amidine groups is 1. The second-order valence-electron chi connectivity index (χ2n) is 6.49. The Kier molecular flexibility index (Phi) is 6.85. The van der Waals surface area contributed by atoms with E-state index in [1.807, 2.05) is 12.1 Å². The van der Waals surface area contributed by atoms with Gasteiger partial charge in [0.2, 0.25) is 0 Å². The molecule has 0 fully saturated rings. The van der Waals surface area contributed by atoms with Crippen molar-refractivity contribution in [1.29, 1.82) is 5.41 Å². The van der Waals surface area contributed by atoms with Crippen LogP contribution < -0.4 is 5.73 Å². The largest absolute Gasteiger partial charge is 0.384 e. The van der Waals surface area contributed by atoms with Crippen LogP contribution in [0.25, 0.3) is 0 Å². The van der Waals surface area contributed by atoms with Crippen molar-refractivity contribution in [1.82, 2.24) is 9.80 Å². The SMILES string of the molecule is Cc1cc(C(=N)N)ccc1CN(CCN(C)C)CC(C)C. The molecule has 0 amide bonds.